The van der Waals surface area contributed by atoms with Gasteiger partial charge in [0.15, 0.2) is 5.58 Å². The second-order valence-electron chi connectivity index (χ2n) is 4.50. The highest BCUT2D eigenvalue weighted by Gasteiger charge is 2.23. The number of rotatable bonds is 1. The average Bonchev–Trinajstić information content (AvgIpc) is 2.81. The van der Waals surface area contributed by atoms with Gasteiger partial charge in [-0.3, -0.25) is 4.79 Å². The third kappa shape index (κ3) is 2.35. The number of halogens is 1. The standard InChI is InChI=1S/C12H13ClN4O2/c1-8-2-3-9-10(14-8)15-12(19-9)17-6-4-16(5-7-17)11(13)18/h2-3H,4-7H2,1H3. The van der Waals surface area contributed by atoms with Crippen molar-refractivity contribution in [3.63, 3.8) is 0 Å². The number of hydrogen-bond donors (Lipinski definition) is 0. The predicted molar refractivity (Wildman–Crippen MR) is 71.6 cm³/mol. The molecule has 1 aliphatic heterocycles. The number of amides is 1. The highest BCUT2D eigenvalue weighted by Crippen LogP contribution is 2.22. The Morgan fingerprint density at radius 1 is 1.26 bits per heavy atom. The number of aryl methyl sites for hydroxylation is 1. The minimum absolute atomic E-state index is 0.408. The second-order valence-corrected chi connectivity index (χ2v) is 4.82. The molecule has 0 spiro atoms. The molecule has 0 saturated carbocycles. The number of oxazole rings is 1. The van der Waals surface area contributed by atoms with Crippen LogP contribution in [0, 0.1) is 6.92 Å². The Kier molecular flexibility index (Phi) is 3.02. The zero-order chi connectivity index (χ0) is 13.4. The van der Waals surface area contributed by atoms with Crippen LogP contribution >= 0.6 is 11.6 Å². The minimum Gasteiger partial charge on any atom is -0.422 e. The van der Waals surface area contributed by atoms with Crippen molar-refractivity contribution in [2.24, 2.45) is 0 Å². The Bertz CT molecular complexity index is 619. The van der Waals surface area contributed by atoms with E-state index < -0.39 is 5.37 Å². The van der Waals surface area contributed by atoms with Crippen molar-refractivity contribution >= 4 is 34.2 Å². The van der Waals surface area contributed by atoms with Crippen molar-refractivity contribution in [2.45, 2.75) is 6.92 Å². The summed E-state index contributed by atoms with van der Waals surface area (Å²) < 4.78 is 5.67. The number of carbonyl (C=O) groups excluding carboxylic acids is 1. The maximum Gasteiger partial charge on any atom is 0.316 e. The smallest absolute Gasteiger partial charge is 0.316 e. The first-order valence-corrected chi connectivity index (χ1v) is 6.45. The molecule has 100 valence electrons. The van der Waals surface area contributed by atoms with Gasteiger partial charge >= 0.3 is 5.37 Å². The van der Waals surface area contributed by atoms with E-state index in [1.165, 1.54) is 0 Å². The van der Waals surface area contributed by atoms with Crippen molar-refractivity contribution < 1.29 is 9.21 Å². The van der Waals surface area contributed by atoms with E-state index >= 15 is 0 Å². The van der Waals surface area contributed by atoms with Gasteiger partial charge in [0.2, 0.25) is 5.65 Å². The van der Waals surface area contributed by atoms with Gasteiger partial charge in [-0.2, -0.15) is 4.98 Å². The van der Waals surface area contributed by atoms with E-state index in [1.54, 1.807) is 4.90 Å². The molecule has 2 aromatic heterocycles. The molecular formula is C12H13ClN4O2. The molecule has 6 nitrogen and oxygen atoms in total. The third-order valence-electron chi connectivity index (χ3n) is 3.18. The summed E-state index contributed by atoms with van der Waals surface area (Å²) in [4.78, 5) is 23.3. The molecule has 0 radical (unpaired) electrons. The van der Waals surface area contributed by atoms with E-state index in [4.69, 9.17) is 16.0 Å². The SMILES string of the molecule is Cc1ccc2oc(N3CCN(C(=O)Cl)CC3)nc2n1. The highest BCUT2D eigenvalue weighted by atomic mass is 35.5. The van der Waals surface area contributed by atoms with Crippen molar-refractivity contribution in [2.75, 3.05) is 31.1 Å². The number of piperazine rings is 1. The van der Waals surface area contributed by atoms with Gasteiger partial charge in [-0.25, -0.2) is 4.98 Å². The van der Waals surface area contributed by atoms with Crippen LogP contribution in [0.1, 0.15) is 5.69 Å². The fourth-order valence-electron chi connectivity index (χ4n) is 2.11. The second kappa shape index (κ2) is 4.70. The van der Waals surface area contributed by atoms with Crippen molar-refractivity contribution in [1.29, 1.82) is 0 Å². The molecule has 1 aliphatic rings. The van der Waals surface area contributed by atoms with Gasteiger partial charge in [-0.15, -0.1) is 0 Å². The molecule has 19 heavy (non-hydrogen) atoms. The van der Waals surface area contributed by atoms with Crippen LogP contribution in [0.4, 0.5) is 10.8 Å². The lowest BCUT2D eigenvalue weighted by molar-refractivity contribution is 0.217. The van der Waals surface area contributed by atoms with Crippen molar-refractivity contribution in [1.82, 2.24) is 14.9 Å². The predicted octanol–water partition coefficient (Wildman–Crippen LogP) is 2.01. The van der Waals surface area contributed by atoms with Gasteiger partial charge in [0.25, 0.3) is 6.01 Å². The lowest BCUT2D eigenvalue weighted by Crippen LogP contribution is -2.47. The Morgan fingerprint density at radius 2 is 2.00 bits per heavy atom. The normalized spacial score (nSPS) is 16.1. The Balaban J connectivity index is 1.80. The number of aromatic nitrogens is 2. The number of nitrogens with zero attached hydrogens (tertiary/aromatic N) is 4. The molecule has 1 fully saturated rings. The zero-order valence-corrected chi connectivity index (χ0v) is 11.2. The van der Waals surface area contributed by atoms with Crippen LogP contribution in [0.2, 0.25) is 0 Å². The highest BCUT2D eigenvalue weighted by molar-refractivity contribution is 6.62. The number of pyridine rings is 1. The molecule has 3 heterocycles. The van der Waals surface area contributed by atoms with E-state index in [2.05, 4.69) is 9.97 Å². The number of carbonyl (C=O) groups is 1. The quantitative estimate of drug-likeness (QED) is 0.591. The molecule has 2 aromatic rings. The van der Waals surface area contributed by atoms with Gasteiger partial charge in [0.05, 0.1) is 0 Å². The van der Waals surface area contributed by atoms with E-state index in [-0.39, 0.29) is 0 Å². The third-order valence-corrected chi connectivity index (χ3v) is 3.42. The Morgan fingerprint density at radius 3 is 2.68 bits per heavy atom. The van der Waals surface area contributed by atoms with E-state index in [0.717, 1.165) is 5.69 Å². The zero-order valence-electron chi connectivity index (χ0n) is 10.5. The molecular weight excluding hydrogens is 268 g/mol. The summed E-state index contributed by atoms with van der Waals surface area (Å²) in [5.74, 6) is 0. The average molecular weight is 281 g/mol. The molecule has 3 rings (SSSR count). The van der Waals surface area contributed by atoms with Crippen LogP contribution in [-0.2, 0) is 0 Å². The van der Waals surface area contributed by atoms with Crippen LogP contribution < -0.4 is 4.90 Å². The maximum atomic E-state index is 11.0. The van der Waals surface area contributed by atoms with Gasteiger partial charge in [-0.05, 0) is 30.7 Å². The van der Waals surface area contributed by atoms with E-state index in [1.807, 2.05) is 24.0 Å². The van der Waals surface area contributed by atoms with Crippen LogP contribution in [0.5, 0.6) is 0 Å². The van der Waals surface area contributed by atoms with Gasteiger partial charge < -0.3 is 14.2 Å². The minimum atomic E-state index is -0.408. The molecule has 0 aliphatic carbocycles. The fraction of sp³-hybridized carbons (Fsp3) is 0.417. The summed E-state index contributed by atoms with van der Waals surface area (Å²) in [5.41, 5.74) is 2.20. The molecule has 0 atom stereocenters. The first-order valence-electron chi connectivity index (χ1n) is 6.07. The number of anilines is 1. The summed E-state index contributed by atoms with van der Waals surface area (Å²) in [5, 5.41) is -0.408. The maximum absolute atomic E-state index is 11.0. The van der Waals surface area contributed by atoms with Crippen molar-refractivity contribution in [3.8, 4) is 0 Å². The van der Waals surface area contributed by atoms with Gasteiger partial charge in [-0.1, -0.05) is 0 Å². The largest absolute Gasteiger partial charge is 0.422 e. The summed E-state index contributed by atoms with van der Waals surface area (Å²) in [6.45, 7) is 4.38. The first-order chi connectivity index (χ1) is 9.13. The van der Waals surface area contributed by atoms with Gasteiger partial charge in [0, 0.05) is 31.9 Å². The van der Waals surface area contributed by atoms with Gasteiger partial charge in [0.1, 0.15) is 0 Å². The molecule has 0 N–H and O–H groups in total. The summed E-state index contributed by atoms with van der Waals surface area (Å²) >= 11 is 5.45. The summed E-state index contributed by atoms with van der Waals surface area (Å²) in [7, 11) is 0. The number of hydrogen-bond acceptors (Lipinski definition) is 5. The first kappa shape index (κ1) is 12.2. The lowest BCUT2D eigenvalue weighted by atomic mass is 10.3. The molecule has 0 aromatic carbocycles. The molecule has 0 unspecified atom stereocenters. The molecule has 1 amide bonds. The van der Waals surface area contributed by atoms with Crippen LogP contribution in [-0.4, -0.2) is 46.4 Å². The molecule has 7 heteroatoms. The van der Waals surface area contributed by atoms with Crippen LogP contribution in [0.15, 0.2) is 16.5 Å². The van der Waals surface area contributed by atoms with Crippen molar-refractivity contribution in [3.05, 3.63) is 17.8 Å². The van der Waals surface area contributed by atoms with Crippen LogP contribution in [0.25, 0.3) is 11.2 Å². The fourth-order valence-corrected chi connectivity index (χ4v) is 2.28. The monoisotopic (exact) mass is 280 g/mol. The van der Waals surface area contributed by atoms with E-state index in [0.29, 0.717) is 43.4 Å². The van der Waals surface area contributed by atoms with E-state index in [9.17, 15) is 4.79 Å². The summed E-state index contributed by atoms with van der Waals surface area (Å²) in [6.07, 6.45) is 0. The topological polar surface area (TPSA) is 62.5 Å². The molecule has 1 saturated heterocycles. The Labute approximate surface area is 115 Å². The summed E-state index contributed by atoms with van der Waals surface area (Å²) in [6, 6.07) is 4.31. The lowest BCUT2D eigenvalue weighted by Gasteiger charge is -2.32. The van der Waals surface area contributed by atoms with Crippen LogP contribution in [0.3, 0.4) is 0 Å². The molecule has 0 bridgehead atoms. The Hall–Kier alpha value is -1.82. The number of fused-ring (bicyclic) bond motifs is 1.